The summed E-state index contributed by atoms with van der Waals surface area (Å²) in [5.41, 5.74) is 1.08. The molecule has 10 heteroatoms. The first-order valence-electron chi connectivity index (χ1n) is 8.75. The molecule has 1 heterocycles. The monoisotopic (exact) mass is 420 g/mol. The van der Waals surface area contributed by atoms with Crippen LogP contribution in [0.15, 0.2) is 56.6 Å². The van der Waals surface area contributed by atoms with E-state index in [1.54, 1.807) is 31.2 Å². The van der Waals surface area contributed by atoms with Crippen LogP contribution in [-0.4, -0.2) is 32.7 Å². The summed E-state index contributed by atoms with van der Waals surface area (Å²) in [5.74, 6) is -0.742. The van der Waals surface area contributed by atoms with Gasteiger partial charge >= 0.3 is 11.7 Å². The minimum Gasteiger partial charge on any atom is -0.497 e. The molecule has 1 N–H and O–H groups in total. The molecule has 1 aromatic heterocycles. The highest BCUT2D eigenvalue weighted by molar-refractivity contribution is 7.89. The Balaban J connectivity index is 1.83. The molecule has 0 saturated heterocycles. The van der Waals surface area contributed by atoms with Crippen LogP contribution in [0.4, 0.5) is 0 Å². The fraction of sp³-hybridized carbons (Fsp3) is 0.263. The Morgan fingerprint density at radius 2 is 2.00 bits per heavy atom. The fourth-order valence-electron chi connectivity index (χ4n) is 2.74. The maximum atomic E-state index is 12.6. The van der Waals surface area contributed by atoms with Crippen LogP contribution < -0.4 is 15.2 Å². The summed E-state index contributed by atoms with van der Waals surface area (Å²) in [6, 6.07) is 11.0. The third-order valence-electron chi connectivity index (χ3n) is 4.14. The minimum absolute atomic E-state index is 0.0588. The number of nitrogens with one attached hydrogen (secondary N) is 1. The quantitative estimate of drug-likeness (QED) is 0.551. The summed E-state index contributed by atoms with van der Waals surface area (Å²) in [4.78, 5) is 23.6. The molecule has 0 radical (unpaired) electrons. The highest BCUT2D eigenvalue weighted by Gasteiger charge is 2.19. The maximum absolute atomic E-state index is 12.6. The average Bonchev–Trinajstić information content (AvgIpc) is 3.01. The highest BCUT2D eigenvalue weighted by Crippen LogP contribution is 2.19. The largest absolute Gasteiger partial charge is 0.497 e. The third-order valence-corrected chi connectivity index (χ3v) is 5.54. The first-order chi connectivity index (χ1) is 13.8. The number of oxazole rings is 1. The van der Waals surface area contributed by atoms with Crippen LogP contribution in [0.1, 0.15) is 12.5 Å². The predicted molar refractivity (Wildman–Crippen MR) is 104 cm³/mol. The SMILES string of the molecule is CCOC(=O)Cn1c(=O)oc2cc(S(=O)(=O)NCc3cccc(OC)c3)ccc21. The number of ether oxygens (including phenoxy) is 2. The Morgan fingerprint density at radius 3 is 2.72 bits per heavy atom. The van der Waals surface area contributed by atoms with E-state index in [1.807, 2.05) is 0 Å². The Hall–Kier alpha value is -3.11. The van der Waals surface area contributed by atoms with Crippen molar-refractivity contribution in [3.8, 4) is 5.75 Å². The van der Waals surface area contributed by atoms with Gasteiger partial charge in [-0.15, -0.1) is 0 Å². The van der Waals surface area contributed by atoms with Gasteiger partial charge < -0.3 is 13.9 Å². The number of methoxy groups -OCH3 is 1. The van der Waals surface area contributed by atoms with Crippen molar-refractivity contribution in [3.05, 3.63) is 58.6 Å². The van der Waals surface area contributed by atoms with Gasteiger partial charge in [-0.3, -0.25) is 9.36 Å². The number of benzene rings is 2. The highest BCUT2D eigenvalue weighted by atomic mass is 32.2. The summed E-state index contributed by atoms with van der Waals surface area (Å²) in [6.45, 7) is 1.58. The molecule has 0 unspecified atom stereocenters. The van der Waals surface area contributed by atoms with Crippen LogP contribution in [0, 0.1) is 0 Å². The molecule has 0 spiro atoms. The standard InChI is InChI=1S/C19H20N2O7S/c1-3-27-18(22)12-21-16-8-7-15(10-17(16)28-19(21)23)29(24,25)20-11-13-5-4-6-14(9-13)26-2/h4-10,20H,3,11-12H2,1-2H3. The number of carbonyl (C=O) groups is 1. The van der Waals surface area contributed by atoms with E-state index >= 15 is 0 Å². The second-order valence-electron chi connectivity index (χ2n) is 6.06. The van der Waals surface area contributed by atoms with E-state index < -0.39 is 21.7 Å². The molecule has 3 rings (SSSR count). The first kappa shape index (κ1) is 20.6. The van der Waals surface area contributed by atoms with Gasteiger partial charge in [-0.05, 0) is 36.8 Å². The van der Waals surface area contributed by atoms with Crippen molar-refractivity contribution < 1.29 is 27.1 Å². The first-order valence-corrected chi connectivity index (χ1v) is 10.2. The number of aromatic nitrogens is 1. The second kappa shape index (κ2) is 8.50. The lowest BCUT2D eigenvalue weighted by atomic mass is 10.2. The Bertz CT molecular complexity index is 1190. The molecule has 2 aromatic carbocycles. The number of nitrogens with zero attached hydrogens (tertiary/aromatic N) is 1. The average molecular weight is 420 g/mol. The molecule has 0 aliphatic heterocycles. The van der Waals surface area contributed by atoms with E-state index in [0.29, 0.717) is 11.3 Å². The summed E-state index contributed by atoms with van der Waals surface area (Å²) in [6.07, 6.45) is 0. The molecule has 0 aliphatic rings. The van der Waals surface area contributed by atoms with Crippen LogP contribution >= 0.6 is 0 Å². The molecule has 0 bridgehead atoms. The summed E-state index contributed by atoms with van der Waals surface area (Å²) in [7, 11) is -2.33. The van der Waals surface area contributed by atoms with E-state index in [4.69, 9.17) is 13.9 Å². The number of carbonyl (C=O) groups excluding carboxylic acids is 1. The lowest BCUT2D eigenvalue weighted by Gasteiger charge is -2.08. The third kappa shape index (κ3) is 4.66. The second-order valence-corrected chi connectivity index (χ2v) is 7.83. The van der Waals surface area contributed by atoms with E-state index in [-0.39, 0.29) is 30.2 Å². The lowest BCUT2D eigenvalue weighted by Crippen LogP contribution is -2.23. The number of hydrogen-bond donors (Lipinski definition) is 1. The van der Waals surface area contributed by atoms with Crippen molar-refractivity contribution in [2.45, 2.75) is 24.9 Å². The van der Waals surface area contributed by atoms with Crippen LogP contribution in [0.5, 0.6) is 5.75 Å². The summed E-state index contributed by atoms with van der Waals surface area (Å²) in [5, 5.41) is 0. The van der Waals surface area contributed by atoms with E-state index in [2.05, 4.69) is 4.72 Å². The van der Waals surface area contributed by atoms with Gasteiger partial charge in [0.2, 0.25) is 10.0 Å². The van der Waals surface area contributed by atoms with Crippen molar-refractivity contribution in [2.24, 2.45) is 0 Å². The van der Waals surface area contributed by atoms with Crippen molar-refractivity contribution >= 4 is 27.1 Å². The van der Waals surface area contributed by atoms with E-state index in [0.717, 1.165) is 10.1 Å². The molecule has 0 amide bonds. The van der Waals surface area contributed by atoms with Crippen LogP contribution in [0.25, 0.3) is 11.1 Å². The smallest absolute Gasteiger partial charge is 0.420 e. The number of esters is 1. The number of hydrogen-bond acceptors (Lipinski definition) is 7. The normalized spacial score (nSPS) is 11.5. The van der Waals surface area contributed by atoms with E-state index in [1.165, 1.54) is 25.3 Å². The van der Waals surface area contributed by atoms with Crippen molar-refractivity contribution in [2.75, 3.05) is 13.7 Å². The zero-order valence-electron chi connectivity index (χ0n) is 15.9. The van der Waals surface area contributed by atoms with Gasteiger partial charge in [-0.1, -0.05) is 12.1 Å². The topological polar surface area (TPSA) is 117 Å². The van der Waals surface area contributed by atoms with Crippen molar-refractivity contribution in [1.82, 2.24) is 9.29 Å². The lowest BCUT2D eigenvalue weighted by molar-refractivity contribution is -0.143. The molecule has 0 saturated carbocycles. The number of sulfonamides is 1. The van der Waals surface area contributed by atoms with Crippen LogP contribution in [-0.2, 0) is 32.6 Å². The van der Waals surface area contributed by atoms with Gasteiger partial charge in [0.1, 0.15) is 12.3 Å². The van der Waals surface area contributed by atoms with Gasteiger partial charge in [0.05, 0.1) is 24.1 Å². The molecule has 29 heavy (non-hydrogen) atoms. The van der Waals surface area contributed by atoms with Crippen molar-refractivity contribution in [1.29, 1.82) is 0 Å². The van der Waals surface area contributed by atoms with Crippen molar-refractivity contribution in [3.63, 3.8) is 0 Å². The zero-order valence-corrected chi connectivity index (χ0v) is 16.7. The zero-order chi connectivity index (χ0) is 21.0. The molecular formula is C19H20N2O7S. The van der Waals surface area contributed by atoms with Gasteiger partial charge in [-0.25, -0.2) is 17.9 Å². The molecule has 9 nitrogen and oxygen atoms in total. The minimum atomic E-state index is -3.86. The van der Waals surface area contributed by atoms with Gasteiger partial charge in [-0.2, -0.15) is 0 Å². The van der Waals surface area contributed by atoms with Crippen LogP contribution in [0.3, 0.4) is 0 Å². The van der Waals surface area contributed by atoms with Crippen LogP contribution in [0.2, 0.25) is 0 Å². The Labute approximate surface area is 166 Å². The fourth-order valence-corrected chi connectivity index (χ4v) is 3.78. The van der Waals surface area contributed by atoms with Gasteiger partial charge in [0, 0.05) is 12.6 Å². The molecule has 3 aromatic rings. The molecule has 0 atom stereocenters. The van der Waals surface area contributed by atoms with E-state index in [9.17, 15) is 18.0 Å². The predicted octanol–water partition coefficient (Wildman–Crippen LogP) is 1.64. The summed E-state index contributed by atoms with van der Waals surface area (Å²) < 4.78 is 43.9. The maximum Gasteiger partial charge on any atom is 0.420 e. The molecule has 0 fully saturated rings. The molecule has 154 valence electrons. The molecular weight excluding hydrogens is 400 g/mol. The van der Waals surface area contributed by atoms with Gasteiger partial charge in [0.25, 0.3) is 0 Å². The Morgan fingerprint density at radius 1 is 1.21 bits per heavy atom. The number of fused-ring (bicyclic) bond motifs is 1. The van der Waals surface area contributed by atoms with Gasteiger partial charge in [0.15, 0.2) is 5.58 Å². The molecule has 0 aliphatic carbocycles. The summed E-state index contributed by atoms with van der Waals surface area (Å²) >= 11 is 0. The number of rotatable bonds is 8. The Kier molecular flexibility index (Phi) is 6.04.